The highest BCUT2D eigenvalue weighted by Crippen LogP contribution is 2.26. The molecule has 0 unspecified atom stereocenters. The zero-order valence-electron chi connectivity index (χ0n) is 9.77. The summed E-state index contributed by atoms with van der Waals surface area (Å²) >= 11 is 1.54. The van der Waals surface area contributed by atoms with Crippen LogP contribution in [0.25, 0.3) is 10.2 Å². The first-order chi connectivity index (χ1) is 8.70. The van der Waals surface area contributed by atoms with E-state index in [1.807, 2.05) is 11.4 Å². The van der Waals surface area contributed by atoms with Gasteiger partial charge in [-0.2, -0.15) is 4.98 Å². The standard InChI is InChI=1S/C10H13N5O2S/c1-12-10-14-7(13-3-4-17-9(11)16)6-2-5-18-8(6)15-10/h2,5H,3-4H2,1H3,(H2,11,16)(H2,12,13,14,15). The van der Waals surface area contributed by atoms with Crippen molar-refractivity contribution in [2.75, 3.05) is 30.8 Å². The summed E-state index contributed by atoms with van der Waals surface area (Å²) in [5.41, 5.74) is 4.87. The van der Waals surface area contributed by atoms with Gasteiger partial charge in [0.15, 0.2) is 0 Å². The van der Waals surface area contributed by atoms with E-state index in [9.17, 15) is 4.79 Å². The van der Waals surface area contributed by atoms with Gasteiger partial charge in [-0.05, 0) is 11.4 Å². The van der Waals surface area contributed by atoms with Gasteiger partial charge in [-0.25, -0.2) is 9.78 Å². The smallest absolute Gasteiger partial charge is 0.404 e. The molecule has 4 N–H and O–H groups in total. The van der Waals surface area contributed by atoms with E-state index < -0.39 is 6.09 Å². The molecule has 0 aromatic carbocycles. The minimum Gasteiger partial charge on any atom is -0.448 e. The Morgan fingerprint density at radius 1 is 1.56 bits per heavy atom. The Bertz CT molecular complexity index is 556. The number of ether oxygens (including phenoxy) is 1. The van der Waals surface area contributed by atoms with Crippen molar-refractivity contribution < 1.29 is 9.53 Å². The van der Waals surface area contributed by atoms with E-state index in [0.29, 0.717) is 18.3 Å². The molecule has 0 bridgehead atoms. The number of carbonyl (C=O) groups is 1. The average molecular weight is 267 g/mol. The third-order valence-corrected chi connectivity index (χ3v) is 2.99. The van der Waals surface area contributed by atoms with Gasteiger partial charge in [0.05, 0.1) is 11.9 Å². The number of thiophene rings is 1. The van der Waals surface area contributed by atoms with Crippen LogP contribution in [0.2, 0.25) is 0 Å². The molecule has 2 rings (SSSR count). The number of fused-ring (bicyclic) bond motifs is 1. The van der Waals surface area contributed by atoms with Gasteiger partial charge in [-0.1, -0.05) is 0 Å². The highest BCUT2D eigenvalue weighted by Gasteiger charge is 2.07. The molecule has 18 heavy (non-hydrogen) atoms. The predicted octanol–water partition coefficient (Wildman–Crippen LogP) is 1.24. The first kappa shape index (κ1) is 12.4. The number of hydrogen-bond acceptors (Lipinski definition) is 7. The Morgan fingerprint density at radius 2 is 2.39 bits per heavy atom. The van der Waals surface area contributed by atoms with Crippen LogP contribution in [0.15, 0.2) is 11.4 Å². The van der Waals surface area contributed by atoms with Gasteiger partial charge in [0, 0.05) is 7.05 Å². The van der Waals surface area contributed by atoms with Crippen LogP contribution in [0.5, 0.6) is 0 Å². The zero-order valence-corrected chi connectivity index (χ0v) is 10.6. The van der Waals surface area contributed by atoms with Gasteiger partial charge < -0.3 is 21.1 Å². The maximum atomic E-state index is 10.4. The maximum Gasteiger partial charge on any atom is 0.404 e. The molecule has 0 saturated carbocycles. The topological polar surface area (TPSA) is 102 Å². The third-order valence-electron chi connectivity index (χ3n) is 2.19. The minimum absolute atomic E-state index is 0.194. The van der Waals surface area contributed by atoms with E-state index >= 15 is 0 Å². The van der Waals surface area contributed by atoms with E-state index in [0.717, 1.165) is 10.2 Å². The molecule has 8 heteroatoms. The third kappa shape index (κ3) is 2.77. The predicted molar refractivity (Wildman–Crippen MR) is 71.0 cm³/mol. The normalized spacial score (nSPS) is 10.3. The summed E-state index contributed by atoms with van der Waals surface area (Å²) in [4.78, 5) is 19.9. The number of amides is 1. The second-order valence-electron chi connectivity index (χ2n) is 3.38. The number of anilines is 2. The Morgan fingerprint density at radius 3 is 3.11 bits per heavy atom. The van der Waals surface area contributed by atoms with Gasteiger partial charge >= 0.3 is 6.09 Å². The van der Waals surface area contributed by atoms with Crippen LogP contribution >= 0.6 is 11.3 Å². The summed E-state index contributed by atoms with van der Waals surface area (Å²) in [6.07, 6.45) is -0.781. The maximum absolute atomic E-state index is 10.4. The summed E-state index contributed by atoms with van der Waals surface area (Å²) in [6.45, 7) is 0.633. The van der Waals surface area contributed by atoms with Gasteiger partial charge in [0.25, 0.3) is 0 Å². The minimum atomic E-state index is -0.781. The molecule has 2 aromatic rings. The summed E-state index contributed by atoms with van der Waals surface area (Å²) in [5.74, 6) is 1.25. The number of primary amides is 1. The van der Waals surface area contributed by atoms with Crippen LogP contribution in [0.1, 0.15) is 0 Å². The van der Waals surface area contributed by atoms with Crippen molar-refractivity contribution in [2.24, 2.45) is 5.73 Å². The van der Waals surface area contributed by atoms with Crippen LogP contribution in [0.4, 0.5) is 16.6 Å². The number of carbonyl (C=O) groups excluding carboxylic acids is 1. The number of nitrogens with one attached hydrogen (secondary N) is 2. The SMILES string of the molecule is CNc1nc(NCCOC(N)=O)c2ccsc2n1. The largest absolute Gasteiger partial charge is 0.448 e. The molecule has 0 spiro atoms. The fraction of sp³-hybridized carbons (Fsp3) is 0.300. The van der Waals surface area contributed by atoms with E-state index in [2.05, 4.69) is 25.3 Å². The molecular formula is C10H13N5O2S. The van der Waals surface area contributed by atoms with Crippen molar-refractivity contribution in [1.29, 1.82) is 0 Å². The Kier molecular flexibility index (Phi) is 3.78. The number of nitrogens with two attached hydrogens (primary N) is 1. The Labute approximate surface area is 107 Å². The van der Waals surface area contributed by atoms with Gasteiger partial charge in [0.1, 0.15) is 17.3 Å². The van der Waals surface area contributed by atoms with Crippen molar-refractivity contribution in [2.45, 2.75) is 0 Å². The average Bonchev–Trinajstić information content (AvgIpc) is 2.82. The van der Waals surface area contributed by atoms with Crippen molar-refractivity contribution in [3.05, 3.63) is 11.4 Å². The first-order valence-corrected chi connectivity index (χ1v) is 6.18. The molecule has 0 radical (unpaired) electrons. The molecule has 0 aliphatic carbocycles. The van der Waals surface area contributed by atoms with Crippen LogP contribution in [0.3, 0.4) is 0 Å². The van der Waals surface area contributed by atoms with Crippen molar-refractivity contribution in [3.8, 4) is 0 Å². The summed E-state index contributed by atoms with van der Waals surface area (Å²) < 4.78 is 4.63. The van der Waals surface area contributed by atoms with E-state index in [-0.39, 0.29) is 6.61 Å². The van der Waals surface area contributed by atoms with Crippen LogP contribution in [0, 0.1) is 0 Å². The van der Waals surface area contributed by atoms with Gasteiger partial charge in [-0.3, -0.25) is 0 Å². The molecule has 96 valence electrons. The molecular weight excluding hydrogens is 254 g/mol. The monoisotopic (exact) mass is 267 g/mol. The lowest BCUT2D eigenvalue weighted by molar-refractivity contribution is 0.161. The number of nitrogens with zero attached hydrogens (tertiary/aromatic N) is 2. The first-order valence-electron chi connectivity index (χ1n) is 5.30. The second-order valence-corrected chi connectivity index (χ2v) is 4.27. The summed E-state index contributed by atoms with van der Waals surface area (Å²) in [5, 5.41) is 8.87. The molecule has 2 aromatic heterocycles. The fourth-order valence-corrected chi connectivity index (χ4v) is 2.19. The number of aromatic nitrogens is 2. The molecule has 7 nitrogen and oxygen atoms in total. The van der Waals surface area contributed by atoms with Crippen LogP contribution in [-0.4, -0.2) is 36.3 Å². The van der Waals surface area contributed by atoms with E-state index in [1.165, 1.54) is 11.3 Å². The molecule has 0 aliphatic heterocycles. The highest BCUT2D eigenvalue weighted by molar-refractivity contribution is 7.16. The lowest BCUT2D eigenvalue weighted by Crippen LogP contribution is -2.18. The quantitative estimate of drug-likeness (QED) is 0.704. The molecule has 0 saturated heterocycles. The van der Waals surface area contributed by atoms with Gasteiger partial charge in [0.2, 0.25) is 5.95 Å². The van der Waals surface area contributed by atoms with Crippen LogP contribution in [-0.2, 0) is 4.74 Å². The Hall–Kier alpha value is -2.09. The second kappa shape index (κ2) is 5.50. The Balaban J connectivity index is 2.10. The number of rotatable bonds is 5. The lowest BCUT2D eigenvalue weighted by atomic mass is 10.4. The van der Waals surface area contributed by atoms with Crippen LogP contribution < -0.4 is 16.4 Å². The molecule has 0 aliphatic rings. The molecule has 2 heterocycles. The molecule has 0 fully saturated rings. The molecule has 0 atom stereocenters. The summed E-state index contributed by atoms with van der Waals surface area (Å²) in [6, 6.07) is 1.94. The van der Waals surface area contributed by atoms with Crippen molar-refractivity contribution in [1.82, 2.24) is 9.97 Å². The van der Waals surface area contributed by atoms with Gasteiger partial charge in [-0.15, -0.1) is 11.3 Å². The zero-order chi connectivity index (χ0) is 13.0. The van der Waals surface area contributed by atoms with E-state index in [4.69, 9.17) is 5.73 Å². The van der Waals surface area contributed by atoms with Crippen molar-refractivity contribution in [3.63, 3.8) is 0 Å². The van der Waals surface area contributed by atoms with Crippen molar-refractivity contribution >= 4 is 39.4 Å². The lowest BCUT2D eigenvalue weighted by Gasteiger charge is -2.08. The van der Waals surface area contributed by atoms with E-state index in [1.54, 1.807) is 7.05 Å². The molecule has 1 amide bonds. The summed E-state index contributed by atoms with van der Waals surface area (Å²) in [7, 11) is 1.76. The fourth-order valence-electron chi connectivity index (χ4n) is 1.42. The number of hydrogen-bond donors (Lipinski definition) is 3. The highest BCUT2D eigenvalue weighted by atomic mass is 32.1.